The Balaban J connectivity index is 1.69. The van der Waals surface area contributed by atoms with Crippen LogP contribution in [0.25, 0.3) is 0 Å². The smallest absolute Gasteiger partial charge is 0.108 e. The summed E-state index contributed by atoms with van der Waals surface area (Å²) in [6.45, 7) is 5.77. The van der Waals surface area contributed by atoms with Crippen LogP contribution < -0.4 is 0 Å². The molecule has 0 bridgehead atoms. The molecule has 2 saturated heterocycles. The first-order chi connectivity index (χ1) is 8.72. The Morgan fingerprint density at radius 1 is 1.67 bits per heavy atom. The fourth-order valence-corrected chi connectivity index (χ4v) is 3.77. The van der Waals surface area contributed by atoms with Crippen LogP contribution in [0.2, 0.25) is 0 Å². The van der Waals surface area contributed by atoms with Gasteiger partial charge in [-0.2, -0.15) is 0 Å². The van der Waals surface area contributed by atoms with Gasteiger partial charge in [0, 0.05) is 38.7 Å². The van der Waals surface area contributed by atoms with Crippen molar-refractivity contribution in [1.82, 2.24) is 9.88 Å². The maximum atomic E-state index is 5.99. The van der Waals surface area contributed by atoms with E-state index in [2.05, 4.69) is 22.2 Å². The predicted molar refractivity (Wildman–Crippen MR) is 70.8 cm³/mol. The fraction of sp³-hybridized carbons (Fsp3) is 0.769. The Morgan fingerprint density at radius 3 is 3.17 bits per heavy atom. The molecule has 1 spiro atoms. The van der Waals surface area contributed by atoms with Crippen molar-refractivity contribution >= 4 is 11.3 Å². The summed E-state index contributed by atoms with van der Waals surface area (Å²) in [7, 11) is 1.80. The van der Waals surface area contributed by atoms with Crippen LogP contribution in [0.3, 0.4) is 0 Å². The fourth-order valence-electron chi connectivity index (χ4n) is 3.16. The largest absolute Gasteiger partial charge is 0.377 e. The van der Waals surface area contributed by atoms with Crippen LogP contribution in [-0.4, -0.2) is 48.4 Å². The molecule has 100 valence electrons. The number of methoxy groups -OCH3 is 1. The van der Waals surface area contributed by atoms with Gasteiger partial charge in [-0.05, 0) is 19.8 Å². The average Bonchev–Trinajstić information content (AvgIpc) is 3.03. The molecule has 4 nitrogen and oxygen atoms in total. The van der Waals surface area contributed by atoms with Gasteiger partial charge in [-0.3, -0.25) is 4.90 Å². The topological polar surface area (TPSA) is 34.6 Å². The van der Waals surface area contributed by atoms with Crippen molar-refractivity contribution in [1.29, 1.82) is 0 Å². The standard InChI is InChI=1S/C13H20N2O2S/c1-10-14-11(8-18-10)6-15-7-12(16-2)13(9-15)4-3-5-17-13/h8,12H,3-7,9H2,1-2H3/t12-,13-/m0/s1. The monoisotopic (exact) mass is 268 g/mol. The minimum Gasteiger partial charge on any atom is -0.377 e. The number of thiazole rings is 1. The Hall–Kier alpha value is -0.490. The Kier molecular flexibility index (Phi) is 3.40. The predicted octanol–water partition coefficient (Wildman–Crippen LogP) is 1.83. The van der Waals surface area contributed by atoms with E-state index >= 15 is 0 Å². The van der Waals surface area contributed by atoms with Crippen molar-refractivity contribution in [2.24, 2.45) is 0 Å². The highest BCUT2D eigenvalue weighted by Crippen LogP contribution is 2.37. The maximum Gasteiger partial charge on any atom is 0.108 e. The molecule has 0 aliphatic carbocycles. The molecular weight excluding hydrogens is 248 g/mol. The molecule has 0 radical (unpaired) electrons. The van der Waals surface area contributed by atoms with Gasteiger partial charge >= 0.3 is 0 Å². The molecule has 0 aromatic carbocycles. The van der Waals surface area contributed by atoms with Crippen LogP contribution in [0.15, 0.2) is 5.38 Å². The third-order valence-corrected chi connectivity index (χ3v) is 4.79. The summed E-state index contributed by atoms with van der Waals surface area (Å²) in [4.78, 5) is 6.95. The zero-order valence-corrected chi connectivity index (χ0v) is 11.8. The van der Waals surface area contributed by atoms with Crippen LogP contribution >= 0.6 is 11.3 Å². The first-order valence-electron chi connectivity index (χ1n) is 6.52. The molecule has 3 rings (SSSR count). The molecule has 0 saturated carbocycles. The van der Waals surface area contributed by atoms with Gasteiger partial charge in [-0.25, -0.2) is 4.98 Å². The highest BCUT2D eigenvalue weighted by Gasteiger charge is 2.49. The van der Waals surface area contributed by atoms with Crippen molar-refractivity contribution in [3.8, 4) is 0 Å². The maximum absolute atomic E-state index is 5.99. The molecule has 1 aromatic rings. The number of likely N-dealkylation sites (tertiary alicyclic amines) is 1. The highest BCUT2D eigenvalue weighted by atomic mass is 32.1. The van der Waals surface area contributed by atoms with Crippen LogP contribution in [0.4, 0.5) is 0 Å². The van der Waals surface area contributed by atoms with Crippen molar-refractivity contribution in [2.75, 3.05) is 26.8 Å². The van der Waals surface area contributed by atoms with Gasteiger partial charge in [0.15, 0.2) is 0 Å². The van der Waals surface area contributed by atoms with E-state index in [1.54, 1.807) is 18.4 Å². The Labute approximate surface area is 112 Å². The average molecular weight is 268 g/mol. The number of aromatic nitrogens is 1. The molecule has 1 aromatic heterocycles. The van der Waals surface area contributed by atoms with Crippen LogP contribution in [0, 0.1) is 6.92 Å². The summed E-state index contributed by atoms with van der Waals surface area (Å²) < 4.78 is 11.6. The zero-order chi connectivity index (χ0) is 12.6. The molecule has 2 fully saturated rings. The highest BCUT2D eigenvalue weighted by molar-refractivity contribution is 7.09. The zero-order valence-electron chi connectivity index (χ0n) is 11.0. The number of ether oxygens (including phenoxy) is 2. The summed E-state index contributed by atoms with van der Waals surface area (Å²) in [6.07, 6.45) is 2.49. The molecule has 5 heteroatoms. The molecule has 0 amide bonds. The number of nitrogens with zero attached hydrogens (tertiary/aromatic N) is 2. The van der Waals surface area contributed by atoms with Crippen LogP contribution in [0.1, 0.15) is 23.5 Å². The summed E-state index contributed by atoms with van der Waals surface area (Å²) in [6, 6.07) is 0. The van der Waals surface area contributed by atoms with Crippen molar-refractivity contribution < 1.29 is 9.47 Å². The van der Waals surface area contributed by atoms with E-state index in [0.717, 1.165) is 44.1 Å². The molecule has 0 N–H and O–H groups in total. The molecule has 2 aliphatic rings. The SMILES string of the molecule is CO[C@H]1CN(Cc2csc(C)n2)C[C@@]12CCCO2. The second kappa shape index (κ2) is 4.89. The van der Waals surface area contributed by atoms with E-state index in [4.69, 9.17) is 9.47 Å². The first kappa shape index (κ1) is 12.5. The molecule has 3 heterocycles. The second-order valence-corrected chi connectivity index (χ2v) is 6.33. The lowest BCUT2D eigenvalue weighted by Crippen LogP contribution is -2.41. The van der Waals surface area contributed by atoms with E-state index in [9.17, 15) is 0 Å². The summed E-state index contributed by atoms with van der Waals surface area (Å²) in [5.41, 5.74) is 1.11. The minimum atomic E-state index is -0.0557. The van der Waals surface area contributed by atoms with Crippen molar-refractivity contribution in [3.63, 3.8) is 0 Å². The van der Waals surface area contributed by atoms with E-state index in [1.807, 2.05) is 0 Å². The Morgan fingerprint density at radius 2 is 2.56 bits per heavy atom. The molecule has 0 unspecified atom stereocenters. The van der Waals surface area contributed by atoms with E-state index < -0.39 is 0 Å². The van der Waals surface area contributed by atoms with Gasteiger partial charge < -0.3 is 9.47 Å². The number of rotatable bonds is 3. The van der Waals surface area contributed by atoms with Gasteiger partial charge in [0.1, 0.15) is 5.60 Å². The van der Waals surface area contributed by atoms with E-state index in [0.29, 0.717) is 0 Å². The quantitative estimate of drug-likeness (QED) is 0.837. The summed E-state index contributed by atoms with van der Waals surface area (Å²) >= 11 is 1.72. The second-order valence-electron chi connectivity index (χ2n) is 5.27. The van der Waals surface area contributed by atoms with E-state index in [1.165, 1.54) is 5.69 Å². The van der Waals surface area contributed by atoms with Gasteiger partial charge in [0.2, 0.25) is 0 Å². The van der Waals surface area contributed by atoms with Gasteiger partial charge in [0.05, 0.1) is 16.8 Å². The lowest BCUT2D eigenvalue weighted by Gasteiger charge is -2.28. The van der Waals surface area contributed by atoms with E-state index in [-0.39, 0.29) is 11.7 Å². The lowest BCUT2D eigenvalue weighted by atomic mass is 9.97. The molecule has 18 heavy (non-hydrogen) atoms. The van der Waals surface area contributed by atoms with Gasteiger partial charge in [0.25, 0.3) is 0 Å². The third-order valence-electron chi connectivity index (χ3n) is 3.97. The van der Waals surface area contributed by atoms with Gasteiger partial charge in [-0.1, -0.05) is 0 Å². The summed E-state index contributed by atoms with van der Waals surface area (Å²) in [5.74, 6) is 0. The Bertz CT molecular complexity index is 415. The molecule has 2 aliphatic heterocycles. The van der Waals surface area contributed by atoms with Crippen molar-refractivity contribution in [3.05, 3.63) is 16.1 Å². The molecule has 2 atom stereocenters. The number of hydrogen-bond donors (Lipinski definition) is 0. The van der Waals surface area contributed by atoms with Crippen molar-refractivity contribution in [2.45, 2.75) is 38.0 Å². The first-order valence-corrected chi connectivity index (χ1v) is 7.40. The summed E-state index contributed by atoms with van der Waals surface area (Å²) in [5, 5.41) is 3.29. The minimum absolute atomic E-state index is 0.0557. The van der Waals surface area contributed by atoms with Crippen LogP contribution in [0.5, 0.6) is 0 Å². The lowest BCUT2D eigenvalue weighted by molar-refractivity contribution is -0.0756. The number of hydrogen-bond acceptors (Lipinski definition) is 5. The normalized spacial score (nSPS) is 32.7. The van der Waals surface area contributed by atoms with Crippen LogP contribution in [-0.2, 0) is 16.0 Å². The van der Waals surface area contributed by atoms with Gasteiger partial charge in [-0.15, -0.1) is 11.3 Å². The number of aryl methyl sites for hydroxylation is 1. The molecular formula is C13H20N2O2S. The third kappa shape index (κ3) is 2.20.